The highest BCUT2D eigenvalue weighted by molar-refractivity contribution is 5.77. The number of carbonyl (C=O) groups is 1. The van der Waals surface area contributed by atoms with Gasteiger partial charge in [0.05, 0.1) is 0 Å². The molecule has 3 saturated heterocycles. The van der Waals surface area contributed by atoms with Gasteiger partial charge in [0.15, 0.2) is 0 Å². The van der Waals surface area contributed by atoms with Crippen LogP contribution in [0.1, 0.15) is 44.9 Å². The van der Waals surface area contributed by atoms with E-state index in [9.17, 15) is 4.79 Å². The number of likely N-dealkylation sites (N-methyl/N-ethyl adjacent to an activating group) is 1. The fourth-order valence-corrected chi connectivity index (χ4v) is 4.48. The van der Waals surface area contributed by atoms with Gasteiger partial charge in [0, 0.05) is 37.6 Å². The Kier molecular flexibility index (Phi) is 4.32. The Hall–Kier alpha value is -0.610. The van der Waals surface area contributed by atoms with Gasteiger partial charge in [0.25, 0.3) is 0 Å². The Balaban J connectivity index is 1.53. The molecule has 3 rings (SSSR count). The second-order valence-electron chi connectivity index (χ2n) is 7.32. The number of hydrogen-bond donors (Lipinski definition) is 1. The van der Waals surface area contributed by atoms with E-state index in [0.29, 0.717) is 30.0 Å². The molecule has 0 aliphatic carbocycles. The lowest BCUT2D eigenvalue weighted by Gasteiger charge is -2.32. The molecule has 1 N–H and O–H groups in total. The van der Waals surface area contributed by atoms with Crippen LogP contribution in [0.5, 0.6) is 0 Å². The maximum absolute atomic E-state index is 12.6. The fourth-order valence-electron chi connectivity index (χ4n) is 4.48. The molecule has 1 amide bonds. The summed E-state index contributed by atoms with van der Waals surface area (Å²) in [7, 11) is 4.21. The van der Waals surface area contributed by atoms with Crippen LogP contribution in [-0.2, 0) is 4.79 Å². The van der Waals surface area contributed by atoms with Crippen LogP contribution in [0.2, 0.25) is 0 Å². The van der Waals surface area contributed by atoms with Crippen LogP contribution in [0.25, 0.3) is 0 Å². The quantitative estimate of drug-likeness (QED) is 0.846. The summed E-state index contributed by atoms with van der Waals surface area (Å²) in [4.78, 5) is 17.0. The summed E-state index contributed by atoms with van der Waals surface area (Å²) >= 11 is 0. The van der Waals surface area contributed by atoms with Gasteiger partial charge in [0.1, 0.15) is 0 Å². The molecule has 0 spiro atoms. The molecule has 20 heavy (non-hydrogen) atoms. The van der Waals surface area contributed by atoms with Crippen LogP contribution < -0.4 is 5.32 Å². The highest BCUT2D eigenvalue weighted by Crippen LogP contribution is 2.33. The number of amides is 1. The molecule has 3 aliphatic heterocycles. The summed E-state index contributed by atoms with van der Waals surface area (Å²) in [5.41, 5.74) is 0. The lowest BCUT2D eigenvalue weighted by atomic mass is 9.89. The Morgan fingerprint density at radius 1 is 1.20 bits per heavy atom. The number of hydrogen-bond acceptors (Lipinski definition) is 3. The molecule has 4 nitrogen and oxygen atoms in total. The van der Waals surface area contributed by atoms with Crippen LogP contribution in [0.3, 0.4) is 0 Å². The molecule has 3 fully saturated rings. The number of carbonyl (C=O) groups excluding carboxylic acids is 1. The zero-order valence-electron chi connectivity index (χ0n) is 13.0. The molecular weight excluding hydrogens is 250 g/mol. The molecule has 0 aromatic carbocycles. The summed E-state index contributed by atoms with van der Waals surface area (Å²) in [5.74, 6) is 1.04. The first kappa shape index (κ1) is 14.3. The van der Waals surface area contributed by atoms with Gasteiger partial charge in [-0.25, -0.2) is 0 Å². The summed E-state index contributed by atoms with van der Waals surface area (Å²) in [6, 6.07) is 1.85. The first-order valence-electron chi connectivity index (χ1n) is 8.32. The van der Waals surface area contributed by atoms with Crippen LogP contribution in [0.15, 0.2) is 0 Å². The van der Waals surface area contributed by atoms with Gasteiger partial charge in [-0.2, -0.15) is 0 Å². The highest BCUT2D eigenvalue weighted by atomic mass is 16.2. The Bertz CT molecular complexity index is 346. The van der Waals surface area contributed by atoms with Gasteiger partial charge in [-0.15, -0.1) is 0 Å². The molecule has 3 unspecified atom stereocenters. The van der Waals surface area contributed by atoms with E-state index in [0.717, 1.165) is 19.5 Å². The van der Waals surface area contributed by atoms with Gasteiger partial charge < -0.3 is 15.1 Å². The SMILES string of the molecule is CN(C)CC1CCCN1C(=O)CC1CC2CCC(C1)N2. The third-order valence-electron chi connectivity index (χ3n) is 5.31. The zero-order chi connectivity index (χ0) is 14.1. The van der Waals surface area contributed by atoms with Gasteiger partial charge in [-0.1, -0.05) is 0 Å². The summed E-state index contributed by atoms with van der Waals surface area (Å²) in [6.07, 6.45) is 8.23. The third-order valence-corrected chi connectivity index (χ3v) is 5.31. The molecule has 0 aromatic heterocycles. The summed E-state index contributed by atoms with van der Waals surface area (Å²) in [6.45, 7) is 2.00. The first-order valence-corrected chi connectivity index (χ1v) is 8.32. The highest BCUT2D eigenvalue weighted by Gasteiger charge is 2.36. The zero-order valence-corrected chi connectivity index (χ0v) is 13.0. The van der Waals surface area contributed by atoms with Crippen molar-refractivity contribution >= 4 is 5.91 Å². The van der Waals surface area contributed by atoms with Crippen molar-refractivity contribution in [3.05, 3.63) is 0 Å². The van der Waals surface area contributed by atoms with Crippen molar-refractivity contribution in [1.82, 2.24) is 15.1 Å². The second-order valence-corrected chi connectivity index (χ2v) is 7.32. The molecule has 3 atom stereocenters. The summed E-state index contributed by atoms with van der Waals surface area (Å²) < 4.78 is 0. The van der Waals surface area contributed by atoms with E-state index < -0.39 is 0 Å². The normalized spacial score (nSPS) is 36.9. The number of fused-ring (bicyclic) bond motifs is 2. The van der Waals surface area contributed by atoms with E-state index in [1.54, 1.807) is 0 Å². The largest absolute Gasteiger partial charge is 0.338 e. The van der Waals surface area contributed by atoms with Crippen molar-refractivity contribution in [2.75, 3.05) is 27.2 Å². The molecule has 3 aliphatic rings. The Morgan fingerprint density at radius 3 is 2.55 bits per heavy atom. The number of nitrogens with one attached hydrogen (secondary N) is 1. The van der Waals surface area contributed by atoms with Gasteiger partial charge in [0.2, 0.25) is 5.91 Å². The van der Waals surface area contributed by atoms with E-state index in [1.807, 2.05) is 0 Å². The monoisotopic (exact) mass is 279 g/mol. The average molecular weight is 279 g/mol. The number of nitrogens with zero attached hydrogens (tertiary/aromatic N) is 2. The predicted molar refractivity (Wildman–Crippen MR) is 80.6 cm³/mol. The number of rotatable bonds is 4. The van der Waals surface area contributed by atoms with Gasteiger partial charge in [-0.3, -0.25) is 4.79 Å². The predicted octanol–water partition coefficient (Wildman–Crippen LogP) is 1.46. The maximum atomic E-state index is 12.6. The molecule has 3 heterocycles. The molecule has 2 bridgehead atoms. The lowest BCUT2D eigenvalue weighted by molar-refractivity contribution is -0.133. The van der Waals surface area contributed by atoms with Gasteiger partial charge >= 0.3 is 0 Å². The van der Waals surface area contributed by atoms with Crippen LogP contribution >= 0.6 is 0 Å². The standard InChI is InChI=1S/C16H29N3O/c1-18(2)11-15-4-3-7-19(15)16(20)10-12-8-13-5-6-14(9-12)17-13/h12-15,17H,3-11H2,1-2H3. The molecule has 0 saturated carbocycles. The second kappa shape index (κ2) is 6.02. The minimum absolute atomic E-state index is 0.417. The van der Waals surface area contributed by atoms with E-state index in [4.69, 9.17) is 0 Å². The molecule has 0 aromatic rings. The topological polar surface area (TPSA) is 35.6 Å². The van der Waals surface area contributed by atoms with Crippen LogP contribution in [0, 0.1) is 5.92 Å². The van der Waals surface area contributed by atoms with Crippen molar-refractivity contribution < 1.29 is 4.79 Å². The Labute approximate surface area is 122 Å². The summed E-state index contributed by atoms with van der Waals surface area (Å²) in [5, 5.41) is 3.67. The fraction of sp³-hybridized carbons (Fsp3) is 0.938. The molecule has 114 valence electrons. The van der Waals surface area contributed by atoms with Crippen LogP contribution in [0.4, 0.5) is 0 Å². The molecule has 0 radical (unpaired) electrons. The van der Waals surface area contributed by atoms with Gasteiger partial charge in [-0.05, 0) is 58.5 Å². The maximum Gasteiger partial charge on any atom is 0.223 e. The number of piperidine rings is 1. The van der Waals surface area contributed by atoms with E-state index in [2.05, 4.69) is 29.2 Å². The smallest absolute Gasteiger partial charge is 0.223 e. The first-order chi connectivity index (χ1) is 9.61. The van der Waals surface area contributed by atoms with E-state index in [-0.39, 0.29) is 0 Å². The van der Waals surface area contributed by atoms with Crippen molar-refractivity contribution in [2.45, 2.75) is 63.1 Å². The Morgan fingerprint density at radius 2 is 1.90 bits per heavy atom. The average Bonchev–Trinajstić information content (AvgIpc) is 2.95. The van der Waals surface area contributed by atoms with Crippen LogP contribution in [-0.4, -0.2) is 61.0 Å². The number of likely N-dealkylation sites (tertiary alicyclic amines) is 1. The third kappa shape index (κ3) is 3.17. The van der Waals surface area contributed by atoms with E-state index in [1.165, 1.54) is 38.5 Å². The van der Waals surface area contributed by atoms with Crippen molar-refractivity contribution in [1.29, 1.82) is 0 Å². The van der Waals surface area contributed by atoms with Crippen molar-refractivity contribution in [2.24, 2.45) is 5.92 Å². The van der Waals surface area contributed by atoms with Crippen molar-refractivity contribution in [3.8, 4) is 0 Å². The van der Waals surface area contributed by atoms with E-state index >= 15 is 0 Å². The minimum atomic E-state index is 0.417. The molecular formula is C16H29N3O. The van der Waals surface area contributed by atoms with Crippen molar-refractivity contribution in [3.63, 3.8) is 0 Å². The molecule has 4 heteroatoms. The minimum Gasteiger partial charge on any atom is -0.338 e. The lowest BCUT2D eigenvalue weighted by Crippen LogP contribution is -2.44.